The third kappa shape index (κ3) is 4.33. The van der Waals surface area contributed by atoms with E-state index >= 15 is 0 Å². The van der Waals surface area contributed by atoms with Crippen LogP contribution in [0.4, 0.5) is 10.1 Å². The zero-order valence-corrected chi connectivity index (χ0v) is 12.0. The molecule has 5 heteroatoms. The highest BCUT2D eigenvalue weighted by atomic mass is 32.2. The average molecular weight is 300 g/mol. The Kier molecular flexibility index (Phi) is 5.35. The van der Waals surface area contributed by atoms with E-state index in [1.54, 1.807) is 36.4 Å². The van der Waals surface area contributed by atoms with Gasteiger partial charge in [0.25, 0.3) is 0 Å². The second kappa shape index (κ2) is 7.46. The molecule has 0 aliphatic heterocycles. The molecule has 1 amide bonds. The maximum absolute atomic E-state index is 13.6. The molecule has 3 nitrogen and oxygen atoms in total. The molecule has 2 rings (SSSR count). The third-order valence-corrected chi connectivity index (χ3v) is 3.86. The van der Waals surface area contributed by atoms with Crippen LogP contribution in [0.25, 0.3) is 0 Å². The molecule has 0 fully saturated rings. The quantitative estimate of drug-likeness (QED) is 0.850. The molecule has 0 atom stereocenters. The van der Waals surface area contributed by atoms with Crippen LogP contribution < -0.4 is 5.32 Å². The van der Waals surface area contributed by atoms with E-state index in [1.807, 2.05) is 12.1 Å². The molecule has 0 aliphatic rings. The van der Waals surface area contributed by atoms with Crippen molar-refractivity contribution in [2.75, 3.05) is 5.32 Å². The number of thioether (sulfide) groups is 1. The minimum absolute atomic E-state index is 0.188. The second-order valence-corrected chi connectivity index (χ2v) is 5.28. The Balaban J connectivity index is 2.08. The SMILES string of the molecule is N#CCC(=O)Nc1ccccc1SCc1ccccc1F. The summed E-state index contributed by atoms with van der Waals surface area (Å²) in [6, 6.07) is 15.7. The van der Waals surface area contributed by atoms with E-state index in [0.29, 0.717) is 17.0 Å². The van der Waals surface area contributed by atoms with Crippen LogP contribution in [0.15, 0.2) is 53.4 Å². The van der Waals surface area contributed by atoms with Crippen molar-refractivity contribution in [2.45, 2.75) is 17.1 Å². The van der Waals surface area contributed by atoms with Crippen LogP contribution in [0.5, 0.6) is 0 Å². The largest absolute Gasteiger partial charge is 0.324 e. The third-order valence-electron chi connectivity index (χ3n) is 2.74. The molecule has 0 saturated heterocycles. The zero-order valence-electron chi connectivity index (χ0n) is 11.2. The van der Waals surface area contributed by atoms with Gasteiger partial charge in [0.15, 0.2) is 0 Å². The monoisotopic (exact) mass is 300 g/mol. The lowest BCUT2D eigenvalue weighted by Crippen LogP contribution is -2.10. The number of rotatable bonds is 5. The van der Waals surface area contributed by atoms with E-state index in [2.05, 4.69) is 5.32 Å². The number of nitrogens with one attached hydrogen (secondary N) is 1. The van der Waals surface area contributed by atoms with Gasteiger partial charge in [-0.15, -0.1) is 11.8 Å². The molecule has 21 heavy (non-hydrogen) atoms. The van der Waals surface area contributed by atoms with Crippen molar-refractivity contribution in [1.29, 1.82) is 5.26 Å². The number of nitriles is 1. The number of carbonyl (C=O) groups is 1. The molecule has 0 saturated carbocycles. The highest BCUT2D eigenvalue weighted by Crippen LogP contribution is 2.30. The van der Waals surface area contributed by atoms with Crippen LogP contribution >= 0.6 is 11.8 Å². The summed E-state index contributed by atoms with van der Waals surface area (Å²) in [7, 11) is 0. The number of nitrogens with zero attached hydrogens (tertiary/aromatic N) is 1. The van der Waals surface area contributed by atoms with Crippen molar-refractivity contribution < 1.29 is 9.18 Å². The van der Waals surface area contributed by atoms with Gasteiger partial charge in [-0.2, -0.15) is 5.26 Å². The Hall–Kier alpha value is -2.32. The van der Waals surface area contributed by atoms with E-state index in [9.17, 15) is 9.18 Å². The number of carbonyl (C=O) groups excluding carboxylic acids is 1. The first-order valence-corrected chi connectivity index (χ1v) is 7.31. The summed E-state index contributed by atoms with van der Waals surface area (Å²) in [6.45, 7) is 0. The normalized spacial score (nSPS) is 9.90. The van der Waals surface area contributed by atoms with Crippen molar-refractivity contribution in [3.05, 3.63) is 59.9 Å². The van der Waals surface area contributed by atoms with E-state index in [0.717, 1.165) is 4.90 Å². The van der Waals surface area contributed by atoms with Crippen LogP contribution in [-0.2, 0) is 10.5 Å². The fraction of sp³-hybridized carbons (Fsp3) is 0.125. The molecule has 0 heterocycles. The van der Waals surface area contributed by atoms with Gasteiger partial charge in [0.1, 0.15) is 12.2 Å². The predicted molar refractivity (Wildman–Crippen MR) is 81.3 cm³/mol. The van der Waals surface area contributed by atoms with Crippen LogP contribution in [-0.4, -0.2) is 5.91 Å². The minimum atomic E-state index is -0.351. The number of hydrogen-bond acceptors (Lipinski definition) is 3. The number of anilines is 1. The Morgan fingerprint density at radius 1 is 1.19 bits per heavy atom. The molecule has 106 valence electrons. The van der Waals surface area contributed by atoms with E-state index in [1.165, 1.54) is 17.8 Å². The second-order valence-electron chi connectivity index (χ2n) is 4.26. The van der Waals surface area contributed by atoms with E-state index in [4.69, 9.17) is 5.26 Å². The van der Waals surface area contributed by atoms with E-state index < -0.39 is 0 Å². The first-order valence-electron chi connectivity index (χ1n) is 6.32. The molecular weight excluding hydrogens is 287 g/mol. The molecule has 2 aromatic rings. The fourth-order valence-corrected chi connectivity index (χ4v) is 2.73. The predicted octanol–water partition coefficient (Wildman–Crippen LogP) is 3.97. The van der Waals surface area contributed by atoms with Crippen molar-refractivity contribution in [2.24, 2.45) is 0 Å². The fourth-order valence-electron chi connectivity index (χ4n) is 1.73. The lowest BCUT2D eigenvalue weighted by molar-refractivity contribution is -0.115. The Labute approximate surface area is 126 Å². The number of halogens is 1. The first kappa shape index (κ1) is 15.1. The minimum Gasteiger partial charge on any atom is -0.324 e. The van der Waals surface area contributed by atoms with Crippen LogP contribution in [0.1, 0.15) is 12.0 Å². The smallest absolute Gasteiger partial charge is 0.238 e. The summed E-state index contributed by atoms with van der Waals surface area (Å²) in [5.74, 6) is -0.120. The number of para-hydroxylation sites is 1. The summed E-state index contributed by atoms with van der Waals surface area (Å²) in [5.41, 5.74) is 1.25. The molecule has 0 aliphatic carbocycles. The summed E-state index contributed by atoms with van der Waals surface area (Å²) >= 11 is 1.44. The molecule has 0 spiro atoms. The van der Waals surface area contributed by atoms with Gasteiger partial charge in [-0.1, -0.05) is 30.3 Å². The average Bonchev–Trinajstić information content (AvgIpc) is 2.48. The summed E-state index contributed by atoms with van der Waals surface area (Å²) in [6.07, 6.45) is -0.188. The van der Waals surface area contributed by atoms with E-state index in [-0.39, 0.29) is 18.1 Å². The number of hydrogen-bond donors (Lipinski definition) is 1. The Morgan fingerprint density at radius 3 is 2.67 bits per heavy atom. The zero-order chi connectivity index (χ0) is 15.1. The molecule has 1 N–H and O–H groups in total. The Morgan fingerprint density at radius 2 is 1.90 bits per heavy atom. The maximum atomic E-state index is 13.6. The van der Waals surface area contributed by atoms with Crippen molar-refractivity contribution >= 4 is 23.4 Å². The number of amides is 1. The Bertz CT molecular complexity index is 682. The molecule has 0 unspecified atom stereocenters. The van der Waals surface area contributed by atoms with Crippen molar-refractivity contribution in [1.82, 2.24) is 0 Å². The summed E-state index contributed by atoms with van der Waals surface area (Å²) in [5, 5.41) is 11.2. The van der Waals surface area contributed by atoms with Crippen molar-refractivity contribution in [3.8, 4) is 6.07 Å². The molecule has 0 radical (unpaired) electrons. The topological polar surface area (TPSA) is 52.9 Å². The van der Waals surface area contributed by atoms with Gasteiger partial charge in [-0.05, 0) is 23.8 Å². The molecular formula is C16H13FN2OS. The lowest BCUT2D eigenvalue weighted by atomic mass is 10.2. The molecule has 2 aromatic carbocycles. The number of benzene rings is 2. The standard InChI is InChI=1S/C16H13FN2OS/c17-13-6-2-1-5-12(13)11-21-15-8-4-3-7-14(15)19-16(20)9-10-18/h1-8H,9,11H2,(H,19,20). The maximum Gasteiger partial charge on any atom is 0.238 e. The van der Waals surface area contributed by atoms with Crippen LogP contribution in [0.3, 0.4) is 0 Å². The molecule has 0 bridgehead atoms. The van der Waals surface area contributed by atoms with Gasteiger partial charge in [-0.25, -0.2) is 4.39 Å². The van der Waals surface area contributed by atoms with Crippen molar-refractivity contribution in [3.63, 3.8) is 0 Å². The van der Waals surface area contributed by atoms with Gasteiger partial charge >= 0.3 is 0 Å². The van der Waals surface area contributed by atoms with Gasteiger partial charge in [0.05, 0.1) is 11.8 Å². The van der Waals surface area contributed by atoms with Gasteiger partial charge in [0, 0.05) is 10.6 Å². The summed E-state index contributed by atoms with van der Waals surface area (Å²) in [4.78, 5) is 12.3. The first-order chi connectivity index (χ1) is 10.2. The highest BCUT2D eigenvalue weighted by Gasteiger charge is 2.08. The van der Waals surface area contributed by atoms with Gasteiger partial charge < -0.3 is 5.32 Å². The summed E-state index contributed by atoms with van der Waals surface area (Å²) < 4.78 is 13.6. The van der Waals surface area contributed by atoms with Gasteiger partial charge in [0.2, 0.25) is 5.91 Å². The van der Waals surface area contributed by atoms with Gasteiger partial charge in [-0.3, -0.25) is 4.79 Å². The van der Waals surface area contributed by atoms with Crippen LogP contribution in [0, 0.1) is 17.1 Å². The highest BCUT2D eigenvalue weighted by molar-refractivity contribution is 7.98. The van der Waals surface area contributed by atoms with Crippen LogP contribution in [0.2, 0.25) is 0 Å². The lowest BCUT2D eigenvalue weighted by Gasteiger charge is -2.10. The molecule has 0 aromatic heterocycles.